The number of halogens is 1. The Bertz CT molecular complexity index is 1110. The van der Waals surface area contributed by atoms with Crippen molar-refractivity contribution < 1.29 is 9.59 Å². The maximum Gasteiger partial charge on any atom is 0.243 e. The van der Waals surface area contributed by atoms with Gasteiger partial charge in [-0.05, 0) is 48.6 Å². The van der Waals surface area contributed by atoms with Crippen molar-refractivity contribution in [1.29, 1.82) is 0 Å². The largest absolute Gasteiger partial charge is 0.370 e. The highest BCUT2D eigenvalue weighted by atomic mass is 79.9. The maximum absolute atomic E-state index is 13.6. The predicted molar refractivity (Wildman–Crippen MR) is 147 cm³/mol. The predicted octanol–water partition coefficient (Wildman–Crippen LogP) is 4.00. The van der Waals surface area contributed by atoms with E-state index in [2.05, 4.69) is 31.6 Å². The number of hydrogen-bond acceptors (Lipinski definition) is 3. The fraction of sp³-hybridized carbons (Fsp3) is 0.250. The Kier molecular flexibility index (Phi) is 10.1. The van der Waals surface area contributed by atoms with Gasteiger partial charge in [0, 0.05) is 11.0 Å². The van der Waals surface area contributed by atoms with Crippen molar-refractivity contribution in [3.05, 3.63) is 106 Å². The highest BCUT2D eigenvalue weighted by molar-refractivity contribution is 9.10. The number of hydrogen-bond donors (Lipinski definition) is 4. The normalized spacial score (nSPS) is 12.4. The lowest BCUT2D eigenvalue weighted by molar-refractivity contribution is -0.129. The minimum absolute atomic E-state index is 0.00267. The van der Waals surface area contributed by atoms with Crippen molar-refractivity contribution >= 4 is 33.7 Å². The quantitative estimate of drug-likeness (QED) is 0.164. The third kappa shape index (κ3) is 7.95. The van der Waals surface area contributed by atoms with E-state index in [1.54, 1.807) is 0 Å². The second-order valence-electron chi connectivity index (χ2n) is 8.55. The molecule has 0 saturated heterocycles. The SMILES string of the molecule is C[C@@H](NC(=O)[C@H](CCCN=C(N)N)NC(=O)C(c1ccccc1)c1ccccc1)c1ccc(Br)cc1. The van der Waals surface area contributed by atoms with Crippen molar-refractivity contribution in [2.45, 2.75) is 37.8 Å². The van der Waals surface area contributed by atoms with Gasteiger partial charge in [0.1, 0.15) is 6.04 Å². The van der Waals surface area contributed by atoms with Gasteiger partial charge in [0.15, 0.2) is 5.96 Å². The molecule has 0 saturated carbocycles. The van der Waals surface area contributed by atoms with Gasteiger partial charge in [0.2, 0.25) is 11.8 Å². The molecule has 0 heterocycles. The summed E-state index contributed by atoms with van der Waals surface area (Å²) in [5, 5.41) is 6.03. The third-order valence-corrected chi connectivity index (χ3v) is 6.36. The first kappa shape index (κ1) is 26.9. The Morgan fingerprint density at radius 1 is 0.806 bits per heavy atom. The second kappa shape index (κ2) is 13.4. The zero-order valence-electron chi connectivity index (χ0n) is 20.2. The van der Waals surface area contributed by atoms with Crippen LogP contribution in [0, 0.1) is 0 Å². The highest BCUT2D eigenvalue weighted by Gasteiger charge is 2.28. The van der Waals surface area contributed by atoms with Crippen molar-refractivity contribution in [3.63, 3.8) is 0 Å². The molecular weight excluding hydrogens is 518 g/mol. The molecule has 0 aliphatic heterocycles. The Morgan fingerprint density at radius 3 is 1.89 bits per heavy atom. The van der Waals surface area contributed by atoms with Crippen LogP contribution in [0.3, 0.4) is 0 Å². The van der Waals surface area contributed by atoms with E-state index in [1.807, 2.05) is 91.9 Å². The minimum Gasteiger partial charge on any atom is -0.370 e. The van der Waals surface area contributed by atoms with Crippen LogP contribution in [0.4, 0.5) is 0 Å². The topological polar surface area (TPSA) is 123 Å². The summed E-state index contributed by atoms with van der Waals surface area (Å²) in [6.07, 6.45) is 0.919. The maximum atomic E-state index is 13.6. The number of carbonyl (C=O) groups excluding carboxylic acids is 2. The van der Waals surface area contributed by atoms with Gasteiger partial charge in [-0.15, -0.1) is 0 Å². The van der Waals surface area contributed by atoms with Crippen LogP contribution < -0.4 is 22.1 Å². The lowest BCUT2D eigenvalue weighted by atomic mass is 9.90. The number of carbonyl (C=O) groups is 2. The van der Waals surface area contributed by atoms with Crippen LogP contribution in [-0.4, -0.2) is 30.4 Å². The smallest absolute Gasteiger partial charge is 0.243 e. The van der Waals surface area contributed by atoms with E-state index >= 15 is 0 Å². The van der Waals surface area contributed by atoms with Gasteiger partial charge in [0.05, 0.1) is 12.0 Å². The first-order valence-electron chi connectivity index (χ1n) is 11.9. The van der Waals surface area contributed by atoms with E-state index in [0.29, 0.717) is 19.4 Å². The van der Waals surface area contributed by atoms with Gasteiger partial charge in [-0.3, -0.25) is 14.6 Å². The molecule has 8 heteroatoms. The van der Waals surface area contributed by atoms with Gasteiger partial charge < -0.3 is 22.1 Å². The number of aliphatic imine (C=N–C) groups is 1. The summed E-state index contributed by atoms with van der Waals surface area (Å²) in [5.41, 5.74) is 13.5. The summed E-state index contributed by atoms with van der Waals surface area (Å²) in [4.78, 5) is 31.0. The van der Waals surface area contributed by atoms with Gasteiger partial charge in [-0.1, -0.05) is 88.7 Å². The Labute approximate surface area is 220 Å². The molecule has 2 amide bonds. The monoisotopic (exact) mass is 549 g/mol. The third-order valence-electron chi connectivity index (χ3n) is 5.84. The molecule has 3 aromatic rings. The lowest BCUT2D eigenvalue weighted by Gasteiger charge is -2.25. The van der Waals surface area contributed by atoms with Crippen LogP contribution >= 0.6 is 15.9 Å². The molecule has 188 valence electrons. The number of nitrogens with one attached hydrogen (secondary N) is 2. The molecule has 6 N–H and O–H groups in total. The van der Waals surface area contributed by atoms with E-state index in [1.165, 1.54) is 0 Å². The Morgan fingerprint density at radius 2 is 1.36 bits per heavy atom. The summed E-state index contributed by atoms with van der Waals surface area (Å²) >= 11 is 3.43. The zero-order chi connectivity index (χ0) is 25.9. The van der Waals surface area contributed by atoms with Gasteiger partial charge in [0.25, 0.3) is 0 Å². The second-order valence-corrected chi connectivity index (χ2v) is 9.46. The number of guanidine groups is 1. The molecule has 0 radical (unpaired) electrons. The number of nitrogens with zero attached hydrogens (tertiary/aromatic N) is 1. The number of nitrogens with two attached hydrogens (primary N) is 2. The molecule has 2 atom stereocenters. The van der Waals surface area contributed by atoms with Crippen LogP contribution in [0.15, 0.2) is 94.4 Å². The summed E-state index contributed by atoms with van der Waals surface area (Å²) in [5.74, 6) is -1.06. The average molecular weight is 551 g/mol. The first-order chi connectivity index (χ1) is 17.3. The van der Waals surface area contributed by atoms with E-state index in [0.717, 1.165) is 21.2 Å². The highest BCUT2D eigenvalue weighted by Crippen LogP contribution is 2.25. The van der Waals surface area contributed by atoms with Gasteiger partial charge >= 0.3 is 0 Å². The molecule has 3 aromatic carbocycles. The molecule has 0 fully saturated rings. The summed E-state index contributed by atoms with van der Waals surface area (Å²) in [7, 11) is 0. The van der Waals surface area contributed by atoms with Gasteiger partial charge in [-0.2, -0.15) is 0 Å². The zero-order valence-corrected chi connectivity index (χ0v) is 21.8. The fourth-order valence-corrected chi connectivity index (χ4v) is 4.23. The molecule has 0 aliphatic carbocycles. The molecular formula is C28H32BrN5O2. The molecule has 7 nitrogen and oxygen atoms in total. The summed E-state index contributed by atoms with van der Waals surface area (Å²) in [6, 6.07) is 25.9. The van der Waals surface area contributed by atoms with E-state index < -0.39 is 12.0 Å². The van der Waals surface area contributed by atoms with E-state index in [4.69, 9.17) is 11.5 Å². The molecule has 36 heavy (non-hydrogen) atoms. The van der Waals surface area contributed by atoms with Crippen LogP contribution in [0.25, 0.3) is 0 Å². The number of rotatable bonds is 11. The van der Waals surface area contributed by atoms with E-state index in [9.17, 15) is 9.59 Å². The van der Waals surface area contributed by atoms with Crippen molar-refractivity contribution in [2.75, 3.05) is 6.54 Å². The van der Waals surface area contributed by atoms with Crippen LogP contribution in [0.2, 0.25) is 0 Å². The average Bonchev–Trinajstić information content (AvgIpc) is 2.87. The minimum atomic E-state index is -0.750. The standard InChI is InChI=1S/C28H32BrN5O2/c1-19(20-14-16-23(29)17-15-20)33-26(35)24(13-8-18-32-28(30)31)34-27(36)25(21-9-4-2-5-10-21)22-11-6-3-7-12-22/h2-7,9-12,14-17,19,24-25H,8,13,18H2,1H3,(H,33,35)(H,34,36)(H4,30,31,32)/t19-,24+/m1/s1. The van der Waals surface area contributed by atoms with Crippen molar-refractivity contribution in [1.82, 2.24) is 10.6 Å². The summed E-state index contributed by atoms with van der Waals surface area (Å²) in [6.45, 7) is 2.28. The van der Waals surface area contributed by atoms with Crippen LogP contribution in [0.1, 0.15) is 48.4 Å². The molecule has 0 bridgehead atoms. The van der Waals surface area contributed by atoms with Crippen LogP contribution in [-0.2, 0) is 9.59 Å². The molecule has 0 aliphatic rings. The van der Waals surface area contributed by atoms with Crippen molar-refractivity contribution in [2.24, 2.45) is 16.5 Å². The van der Waals surface area contributed by atoms with Crippen molar-refractivity contribution in [3.8, 4) is 0 Å². The summed E-state index contributed by atoms with van der Waals surface area (Å²) < 4.78 is 0.961. The fourth-order valence-electron chi connectivity index (χ4n) is 3.96. The first-order valence-corrected chi connectivity index (χ1v) is 12.7. The Balaban J connectivity index is 1.80. The number of benzene rings is 3. The van der Waals surface area contributed by atoms with E-state index in [-0.39, 0.29) is 23.8 Å². The van der Waals surface area contributed by atoms with Crippen LogP contribution in [0.5, 0.6) is 0 Å². The molecule has 0 unspecified atom stereocenters. The Hall–Kier alpha value is -3.65. The lowest BCUT2D eigenvalue weighted by Crippen LogP contribution is -2.48. The molecule has 0 aromatic heterocycles. The molecule has 3 rings (SSSR count). The number of amides is 2. The molecule has 0 spiro atoms. The van der Waals surface area contributed by atoms with Gasteiger partial charge in [-0.25, -0.2) is 0 Å².